The van der Waals surface area contributed by atoms with Crippen LogP contribution in [0.3, 0.4) is 0 Å². The predicted molar refractivity (Wildman–Crippen MR) is 109 cm³/mol. The molecule has 3 aromatic rings. The molecule has 1 fully saturated rings. The highest BCUT2D eigenvalue weighted by molar-refractivity contribution is 7.99. The molecule has 0 aliphatic carbocycles. The number of aromatic nitrogens is 2. The minimum absolute atomic E-state index is 0.0245. The van der Waals surface area contributed by atoms with Crippen LogP contribution in [0, 0.1) is 0 Å². The number of benzene rings is 2. The third kappa shape index (κ3) is 3.90. The average molecular weight is 379 g/mol. The topological polar surface area (TPSA) is 55.2 Å². The fourth-order valence-electron chi connectivity index (χ4n) is 3.42. The molecule has 0 spiro atoms. The van der Waals surface area contributed by atoms with E-state index in [1.54, 1.807) is 12.1 Å². The maximum Gasteiger partial charge on any atom is 0.261 e. The van der Waals surface area contributed by atoms with E-state index in [1.165, 1.54) is 16.5 Å². The third-order valence-electron chi connectivity index (χ3n) is 4.90. The zero-order valence-corrected chi connectivity index (χ0v) is 15.8. The van der Waals surface area contributed by atoms with Crippen LogP contribution in [0.5, 0.6) is 0 Å². The predicted octanol–water partition coefficient (Wildman–Crippen LogP) is 3.10. The van der Waals surface area contributed by atoms with Crippen molar-refractivity contribution in [2.45, 2.75) is 18.2 Å². The summed E-state index contributed by atoms with van der Waals surface area (Å²) in [7, 11) is 0. The molecule has 138 valence electrons. The summed E-state index contributed by atoms with van der Waals surface area (Å²) in [5, 5.41) is 0.956. The van der Waals surface area contributed by atoms with Gasteiger partial charge in [0, 0.05) is 24.1 Å². The molecule has 0 saturated carbocycles. The average Bonchev–Trinajstić information content (AvgIpc) is 2.97. The van der Waals surface area contributed by atoms with Crippen LogP contribution >= 0.6 is 11.8 Å². The Morgan fingerprint density at radius 2 is 1.85 bits per heavy atom. The molecule has 27 heavy (non-hydrogen) atoms. The van der Waals surface area contributed by atoms with Gasteiger partial charge in [-0.2, -0.15) is 11.8 Å². The SMILES string of the molecule is O=C(Cn1cnc2ccccc2c1=O)N1CCSC(c2ccccc2)CC1. The van der Waals surface area contributed by atoms with Crippen molar-refractivity contribution in [3.05, 3.63) is 76.8 Å². The second-order valence-electron chi connectivity index (χ2n) is 6.63. The van der Waals surface area contributed by atoms with Crippen LogP contribution < -0.4 is 5.56 Å². The van der Waals surface area contributed by atoms with Gasteiger partial charge >= 0.3 is 0 Å². The summed E-state index contributed by atoms with van der Waals surface area (Å²) in [6, 6.07) is 17.7. The Morgan fingerprint density at radius 1 is 1.07 bits per heavy atom. The number of hydrogen-bond acceptors (Lipinski definition) is 4. The first-order valence-corrected chi connectivity index (χ1v) is 10.2. The normalized spacial score (nSPS) is 17.6. The largest absolute Gasteiger partial charge is 0.340 e. The third-order valence-corrected chi connectivity index (χ3v) is 6.23. The fraction of sp³-hybridized carbons (Fsp3) is 0.286. The van der Waals surface area contributed by atoms with Gasteiger partial charge in [0.25, 0.3) is 5.56 Å². The number of hydrogen-bond donors (Lipinski definition) is 0. The Kier molecular flexibility index (Phi) is 5.25. The molecule has 2 aromatic carbocycles. The number of thioether (sulfide) groups is 1. The van der Waals surface area contributed by atoms with Crippen LogP contribution in [0.4, 0.5) is 0 Å². The van der Waals surface area contributed by atoms with Gasteiger partial charge in [0.05, 0.1) is 17.2 Å². The lowest BCUT2D eigenvalue weighted by atomic mass is 10.1. The van der Waals surface area contributed by atoms with Gasteiger partial charge in [-0.25, -0.2) is 4.98 Å². The van der Waals surface area contributed by atoms with E-state index in [9.17, 15) is 9.59 Å². The van der Waals surface area contributed by atoms with Crippen LogP contribution in [-0.4, -0.2) is 39.2 Å². The molecule has 0 radical (unpaired) electrons. The molecule has 5 nitrogen and oxygen atoms in total. The van der Waals surface area contributed by atoms with Gasteiger partial charge in [-0.05, 0) is 24.1 Å². The minimum Gasteiger partial charge on any atom is -0.340 e. The lowest BCUT2D eigenvalue weighted by Gasteiger charge is -2.21. The maximum absolute atomic E-state index is 12.8. The number of para-hydroxylation sites is 1. The number of rotatable bonds is 3. The molecular weight excluding hydrogens is 358 g/mol. The van der Waals surface area contributed by atoms with Crippen molar-refractivity contribution < 1.29 is 4.79 Å². The van der Waals surface area contributed by atoms with Crippen molar-refractivity contribution in [3.8, 4) is 0 Å². The zero-order chi connectivity index (χ0) is 18.6. The summed E-state index contributed by atoms with van der Waals surface area (Å²) in [5.74, 6) is 0.874. The summed E-state index contributed by atoms with van der Waals surface area (Å²) < 4.78 is 1.41. The zero-order valence-electron chi connectivity index (χ0n) is 15.0. The van der Waals surface area contributed by atoms with Crippen molar-refractivity contribution in [1.29, 1.82) is 0 Å². The summed E-state index contributed by atoms with van der Waals surface area (Å²) in [6.45, 7) is 1.46. The van der Waals surface area contributed by atoms with E-state index < -0.39 is 0 Å². The van der Waals surface area contributed by atoms with E-state index in [-0.39, 0.29) is 18.0 Å². The molecule has 1 unspecified atom stereocenters. The first-order chi connectivity index (χ1) is 13.2. The highest BCUT2D eigenvalue weighted by Gasteiger charge is 2.22. The van der Waals surface area contributed by atoms with E-state index in [0.29, 0.717) is 29.2 Å². The number of carbonyl (C=O) groups excluding carboxylic acids is 1. The van der Waals surface area contributed by atoms with Gasteiger partial charge < -0.3 is 4.90 Å². The minimum atomic E-state index is -0.166. The van der Waals surface area contributed by atoms with Crippen molar-refractivity contribution in [3.63, 3.8) is 0 Å². The van der Waals surface area contributed by atoms with Gasteiger partial charge in [0.15, 0.2) is 0 Å². The molecule has 1 aliphatic rings. The Bertz CT molecular complexity index is 1000. The summed E-state index contributed by atoms with van der Waals surface area (Å²) in [5.41, 5.74) is 1.80. The van der Waals surface area contributed by atoms with E-state index >= 15 is 0 Å². The van der Waals surface area contributed by atoms with Crippen LogP contribution in [-0.2, 0) is 11.3 Å². The van der Waals surface area contributed by atoms with Crippen LogP contribution in [0.1, 0.15) is 17.2 Å². The molecule has 2 heterocycles. The molecule has 1 aromatic heterocycles. The highest BCUT2D eigenvalue weighted by atomic mass is 32.2. The summed E-state index contributed by atoms with van der Waals surface area (Å²) in [6.07, 6.45) is 2.40. The molecule has 0 N–H and O–H groups in total. The molecule has 6 heteroatoms. The molecule has 4 rings (SSSR count). The van der Waals surface area contributed by atoms with Crippen molar-refractivity contribution in [1.82, 2.24) is 14.5 Å². The Hall–Kier alpha value is -2.60. The van der Waals surface area contributed by atoms with Gasteiger partial charge in [0.2, 0.25) is 5.91 Å². The lowest BCUT2D eigenvalue weighted by molar-refractivity contribution is -0.131. The first kappa shape index (κ1) is 17.8. The molecule has 1 aliphatic heterocycles. The van der Waals surface area contributed by atoms with Crippen LogP contribution in [0.15, 0.2) is 65.7 Å². The summed E-state index contributed by atoms with van der Waals surface area (Å²) >= 11 is 1.89. The van der Waals surface area contributed by atoms with E-state index in [0.717, 1.165) is 12.2 Å². The monoisotopic (exact) mass is 379 g/mol. The molecular formula is C21H21N3O2S. The molecule has 1 amide bonds. The molecule has 1 saturated heterocycles. The quantitative estimate of drug-likeness (QED) is 0.702. The van der Waals surface area contributed by atoms with E-state index in [1.807, 2.05) is 34.9 Å². The Labute approximate surface area is 162 Å². The number of nitrogens with zero attached hydrogens (tertiary/aromatic N) is 3. The van der Waals surface area contributed by atoms with E-state index in [2.05, 4.69) is 29.2 Å². The van der Waals surface area contributed by atoms with Crippen molar-refractivity contribution in [2.24, 2.45) is 0 Å². The maximum atomic E-state index is 12.8. The highest BCUT2D eigenvalue weighted by Crippen LogP contribution is 2.34. The smallest absolute Gasteiger partial charge is 0.261 e. The number of amides is 1. The number of carbonyl (C=O) groups is 1. The second-order valence-corrected chi connectivity index (χ2v) is 7.94. The van der Waals surface area contributed by atoms with Crippen molar-refractivity contribution in [2.75, 3.05) is 18.8 Å². The number of fused-ring (bicyclic) bond motifs is 1. The van der Waals surface area contributed by atoms with Gasteiger partial charge in [0.1, 0.15) is 6.54 Å². The second kappa shape index (κ2) is 7.96. The Balaban J connectivity index is 1.46. The lowest BCUT2D eigenvalue weighted by Crippen LogP contribution is -2.37. The standard InChI is InChI=1S/C21H21N3O2S/c25-20(14-24-15-22-18-9-5-4-8-17(18)21(24)26)23-11-10-19(27-13-12-23)16-6-2-1-3-7-16/h1-9,15,19H,10-14H2. The van der Waals surface area contributed by atoms with Crippen LogP contribution in [0.25, 0.3) is 10.9 Å². The Morgan fingerprint density at radius 3 is 2.70 bits per heavy atom. The van der Waals surface area contributed by atoms with Gasteiger partial charge in [-0.3, -0.25) is 14.2 Å². The van der Waals surface area contributed by atoms with Gasteiger partial charge in [-0.1, -0.05) is 42.5 Å². The summed E-state index contributed by atoms with van der Waals surface area (Å²) in [4.78, 5) is 31.6. The van der Waals surface area contributed by atoms with E-state index in [4.69, 9.17) is 0 Å². The fourth-order valence-corrected chi connectivity index (χ4v) is 4.65. The molecule has 1 atom stereocenters. The van der Waals surface area contributed by atoms with Gasteiger partial charge in [-0.15, -0.1) is 0 Å². The van der Waals surface area contributed by atoms with Crippen LogP contribution in [0.2, 0.25) is 0 Å². The first-order valence-electron chi connectivity index (χ1n) is 9.11. The van der Waals surface area contributed by atoms with Crippen molar-refractivity contribution >= 4 is 28.6 Å². The molecule has 0 bridgehead atoms.